The molecule has 1 aromatic carbocycles. The third-order valence-electron chi connectivity index (χ3n) is 4.26. The van der Waals surface area contributed by atoms with Crippen LogP contribution in [-0.4, -0.2) is 36.2 Å². The Kier molecular flexibility index (Phi) is 7.76. The van der Waals surface area contributed by atoms with E-state index in [4.69, 9.17) is 15.2 Å². The van der Waals surface area contributed by atoms with Gasteiger partial charge in [0.25, 0.3) is 0 Å². The molecule has 3 N–H and O–H groups in total. The van der Waals surface area contributed by atoms with Gasteiger partial charge >= 0.3 is 6.09 Å². The van der Waals surface area contributed by atoms with Gasteiger partial charge in [-0.05, 0) is 51.9 Å². The molecule has 2 aromatic rings. The first kappa shape index (κ1) is 24.4. The summed E-state index contributed by atoms with van der Waals surface area (Å²) in [4.78, 5) is 12.4. The molecule has 0 saturated heterocycles. The van der Waals surface area contributed by atoms with E-state index in [0.29, 0.717) is 29.4 Å². The van der Waals surface area contributed by atoms with Crippen molar-refractivity contribution >= 4 is 41.5 Å². The second-order valence-electron chi connectivity index (χ2n) is 9.51. The maximum absolute atomic E-state index is 12.4. The van der Waals surface area contributed by atoms with E-state index >= 15 is 0 Å². The zero-order chi connectivity index (χ0) is 22.7. The zero-order valence-electron chi connectivity index (χ0n) is 18.9. The van der Waals surface area contributed by atoms with Crippen LogP contribution < -0.4 is 11.1 Å². The number of benzene rings is 1. The minimum atomic E-state index is -1.18. The number of anilines is 2. The highest BCUT2D eigenvalue weighted by molar-refractivity contribution is 9.10. The van der Waals surface area contributed by atoms with Crippen molar-refractivity contribution < 1.29 is 14.3 Å². The molecule has 0 aliphatic heterocycles. The summed E-state index contributed by atoms with van der Waals surface area (Å²) in [5.41, 5.74) is 9.06. The number of hydrogen-bond donors (Lipinski definition) is 2. The van der Waals surface area contributed by atoms with Crippen molar-refractivity contribution in [3.8, 4) is 11.3 Å². The largest absolute Gasteiger partial charge is 0.444 e. The SMILES string of the molecule is Cc1nn(COCC[Si](C)(C)C)c(-c2cc(Br)ccc2NC(=O)OC(C)(C)C)c1N. The monoisotopic (exact) mass is 496 g/mol. The molecule has 0 aliphatic carbocycles. The number of nitrogens with two attached hydrogens (primary N) is 1. The van der Waals surface area contributed by atoms with Crippen LogP contribution in [0.5, 0.6) is 0 Å². The van der Waals surface area contributed by atoms with Gasteiger partial charge in [-0.25, -0.2) is 9.48 Å². The fourth-order valence-corrected chi connectivity index (χ4v) is 3.85. The summed E-state index contributed by atoms with van der Waals surface area (Å²) in [5, 5.41) is 7.38. The Morgan fingerprint density at radius 1 is 1.30 bits per heavy atom. The molecule has 0 atom stereocenters. The maximum Gasteiger partial charge on any atom is 0.412 e. The molecule has 0 saturated carbocycles. The summed E-state index contributed by atoms with van der Waals surface area (Å²) in [7, 11) is -1.18. The van der Waals surface area contributed by atoms with Crippen molar-refractivity contribution in [3.05, 3.63) is 28.4 Å². The van der Waals surface area contributed by atoms with Gasteiger partial charge in [-0.3, -0.25) is 5.32 Å². The van der Waals surface area contributed by atoms with Gasteiger partial charge in [-0.15, -0.1) is 0 Å². The van der Waals surface area contributed by atoms with E-state index < -0.39 is 19.8 Å². The first-order valence-corrected chi connectivity index (χ1v) is 14.5. The third-order valence-corrected chi connectivity index (χ3v) is 6.45. The van der Waals surface area contributed by atoms with Gasteiger partial charge < -0.3 is 15.2 Å². The number of aromatic nitrogens is 2. The van der Waals surface area contributed by atoms with E-state index in [0.717, 1.165) is 16.1 Å². The molecule has 7 nitrogen and oxygen atoms in total. The van der Waals surface area contributed by atoms with Crippen LogP contribution >= 0.6 is 15.9 Å². The lowest BCUT2D eigenvalue weighted by Gasteiger charge is -2.21. The Bertz CT molecular complexity index is 901. The minimum absolute atomic E-state index is 0.288. The predicted octanol–water partition coefficient (Wildman–Crippen LogP) is 5.86. The number of ether oxygens (including phenoxy) is 2. The summed E-state index contributed by atoms with van der Waals surface area (Å²) >= 11 is 3.51. The zero-order valence-corrected chi connectivity index (χ0v) is 21.5. The summed E-state index contributed by atoms with van der Waals surface area (Å²) in [6, 6.07) is 6.63. The van der Waals surface area contributed by atoms with Gasteiger partial charge in [0.2, 0.25) is 0 Å². The van der Waals surface area contributed by atoms with E-state index in [1.54, 1.807) is 4.68 Å². The summed E-state index contributed by atoms with van der Waals surface area (Å²) in [6.45, 7) is 15.2. The maximum atomic E-state index is 12.4. The number of carbonyl (C=O) groups excluding carboxylic acids is 1. The van der Waals surface area contributed by atoms with Crippen LogP contribution in [0, 0.1) is 6.92 Å². The first-order valence-electron chi connectivity index (χ1n) is 9.97. The van der Waals surface area contributed by atoms with E-state index in [1.165, 1.54) is 0 Å². The Balaban J connectivity index is 2.34. The van der Waals surface area contributed by atoms with Crippen molar-refractivity contribution in [3.63, 3.8) is 0 Å². The third kappa shape index (κ3) is 7.14. The fourth-order valence-electron chi connectivity index (χ4n) is 2.74. The van der Waals surface area contributed by atoms with Crippen LogP contribution in [0.4, 0.5) is 16.2 Å². The molecule has 1 heterocycles. The van der Waals surface area contributed by atoms with Crippen LogP contribution in [0.25, 0.3) is 11.3 Å². The predicted molar refractivity (Wildman–Crippen MR) is 128 cm³/mol. The summed E-state index contributed by atoms with van der Waals surface area (Å²) in [5.74, 6) is 0. The van der Waals surface area contributed by atoms with Gasteiger partial charge in [-0.1, -0.05) is 35.6 Å². The normalized spacial score (nSPS) is 12.1. The van der Waals surface area contributed by atoms with Crippen LogP contribution in [-0.2, 0) is 16.2 Å². The fraction of sp³-hybridized carbons (Fsp3) is 0.524. The molecule has 1 aromatic heterocycles. The van der Waals surface area contributed by atoms with Crippen LogP contribution in [0.15, 0.2) is 22.7 Å². The molecule has 166 valence electrons. The Morgan fingerprint density at radius 3 is 2.57 bits per heavy atom. The number of nitrogens with one attached hydrogen (secondary N) is 1. The number of halogens is 1. The van der Waals surface area contributed by atoms with Gasteiger partial charge in [-0.2, -0.15) is 5.10 Å². The van der Waals surface area contributed by atoms with E-state index in [-0.39, 0.29) is 6.73 Å². The summed E-state index contributed by atoms with van der Waals surface area (Å²) < 4.78 is 13.9. The molecular formula is C21H33BrN4O3Si. The second-order valence-corrected chi connectivity index (χ2v) is 16.0. The Labute approximate surface area is 188 Å². The van der Waals surface area contributed by atoms with Crippen molar-refractivity contribution in [1.29, 1.82) is 0 Å². The number of nitrogen functional groups attached to an aromatic ring is 1. The molecule has 30 heavy (non-hydrogen) atoms. The lowest BCUT2D eigenvalue weighted by atomic mass is 10.1. The quantitative estimate of drug-likeness (QED) is 0.369. The number of carbonyl (C=O) groups is 1. The number of nitrogens with zero attached hydrogens (tertiary/aromatic N) is 2. The lowest BCUT2D eigenvalue weighted by Crippen LogP contribution is -2.27. The molecule has 0 aliphatic rings. The molecule has 1 amide bonds. The number of rotatable bonds is 7. The molecule has 0 fully saturated rings. The molecule has 2 rings (SSSR count). The van der Waals surface area contributed by atoms with Crippen molar-refractivity contribution in [2.24, 2.45) is 0 Å². The smallest absolute Gasteiger partial charge is 0.412 e. The first-order chi connectivity index (χ1) is 13.8. The van der Waals surface area contributed by atoms with Crippen LogP contribution in [0.2, 0.25) is 25.7 Å². The topological polar surface area (TPSA) is 91.4 Å². The van der Waals surface area contributed by atoms with Gasteiger partial charge in [0.15, 0.2) is 0 Å². The Morgan fingerprint density at radius 2 is 1.97 bits per heavy atom. The van der Waals surface area contributed by atoms with Gasteiger partial charge in [0.05, 0.1) is 22.8 Å². The van der Waals surface area contributed by atoms with Crippen molar-refractivity contribution in [2.75, 3.05) is 17.7 Å². The summed E-state index contributed by atoms with van der Waals surface area (Å²) in [6.07, 6.45) is -0.529. The standard InChI is InChI=1S/C21H33BrN4O3Si/c1-14-18(23)19(26(25-14)13-28-10-11-30(5,6)7)16-12-15(22)8-9-17(16)24-20(27)29-21(2,3)4/h8-9,12H,10-11,13,23H2,1-7H3,(H,24,27). The molecule has 0 spiro atoms. The number of hydrogen-bond acceptors (Lipinski definition) is 5. The van der Waals surface area contributed by atoms with Crippen LogP contribution in [0.1, 0.15) is 26.5 Å². The van der Waals surface area contributed by atoms with E-state index in [1.807, 2.05) is 45.9 Å². The van der Waals surface area contributed by atoms with E-state index in [9.17, 15) is 4.79 Å². The van der Waals surface area contributed by atoms with Gasteiger partial charge in [0, 0.05) is 24.7 Å². The molecule has 0 bridgehead atoms. The highest BCUT2D eigenvalue weighted by Crippen LogP contribution is 2.36. The van der Waals surface area contributed by atoms with Crippen molar-refractivity contribution in [2.45, 2.75) is 65.7 Å². The Hall–Kier alpha value is -1.84. The second kappa shape index (κ2) is 9.53. The van der Waals surface area contributed by atoms with Gasteiger partial charge in [0.1, 0.15) is 12.3 Å². The molecule has 0 unspecified atom stereocenters. The van der Waals surface area contributed by atoms with Crippen LogP contribution in [0.3, 0.4) is 0 Å². The molecular weight excluding hydrogens is 464 g/mol. The highest BCUT2D eigenvalue weighted by Gasteiger charge is 2.22. The lowest BCUT2D eigenvalue weighted by molar-refractivity contribution is 0.0636. The minimum Gasteiger partial charge on any atom is -0.444 e. The number of aryl methyl sites for hydroxylation is 1. The highest BCUT2D eigenvalue weighted by atomic mass is 79.9. The average Bonchev–Trinajstić information content (AvgIpc) is 2.85. The number of amides is 1. The molecule has 0 radical (unpaired) electrons. The van der Waals surface area contributed by atoms with Crippen molar-refractivity contribution in [1.82, 2.24) is 9.78 Å². The molecule has 9 heteroatoms. The van der Waals surface area contributed by atoms with E-state index in [2.05, 4.69) is 46.0 Å². The average molecular weight is 498 g/mol.